The van der Waals surface area contributed by atoms with E-state index in [9.17, 15) is 13.2 Å². The predicted octanol–water partition coefficient (Wildman–Crippen LogP) is 3.94. The molecule has 3 heterocycles. The molecule has 0 unspecified atom stereocenters. The molecule has 0 spiro atoms. The zero-order valence-corrected chi connectivity index (χ0v) is 21.0. The molecular formula is C27H30N4O4S. The molecule has 1 aromatic carbocycles. The Morgan fingerprint density at radius 3 is 2.61 bits per heavy atom. The summed E-state index contributed by atoms with van der Waals surface area (Å²) in [6, 6.07) is 10.2. The molecule has 1 aliphatic carbocycles. The van der Waals surface area contributed by atoms with Gasteiger partial charge in [-0.25, -0.2) is 13.4 Å². The van der Waals surface area contributed by atoms with E-state index in [2.05, 4.69) is 16.4 Å². The molecule has 1 N–H and O–H groups in total. The van der Waals surface area contributed by atoms with Crippen LogP contribution in [-0.2, 0) is 14.8 Å². The lowest BCUT2D eigenvalue weighted by Crippen LogP contribution is -2.40. The van der Waals surface area contributed by atoms with Crippen molar-refractivity contribution in [2.45, 2.75) is 37.0 Å². The zero-order chi connectivity index (χ0) is 25.0. The summed E-state index contributed by atoms with van der Waals surface area (Å²) in [5, 5.41) is 3.55. The van der Waals surface area contributed by atoms with Gasteiger partial charge in [0.05, 0.1) is 34.9 Å². The van der Waals surface area contributed by atoms with Crippen LogP contribution >= 0.6 is 0 Å². The van der Waals surface area contributed by atoms with E-state index in [1.807, 2.05) is 12.1 Å². The molecule has 188 valence electrons. The maximum absolute atomic E-state index is 13.4. The Morgan fingerprint density at radius 1 is 1.06 bits per heavy atom. The fourth-order valence-corrected chi connectivity index (χ4v) is 6.16. The van der Waals surface area contributed by atoms with Gasteiger partial charge in [-0.2, -0.15) is 4.31 Å². The topological polar surface area (TPSA) is 101 Å². The SMILES string of the molecule is O=C(NCCC1=CCCCC1)c1cc(-c2ccncc2)nc2ccc(S(=O)(=O)N3CCOCC3)cc12. The molecule has 2 aliphatic rings. The van der Waals surface area contributed by atoms with Crippen LogP contribution in [0, 0.1) is 0 Å². The Balaban J connectivity index is 1.50. The normalized spacial score (nSPS) is 17.1. The number of carbonyl (C=O) groups excluding carboxylic acids is 1. The number of nitrogens with one attached hydrogen (secondary N) is 1. The van der Waals surface area contributed by atoms with E-state index >= 15 is 0 Å². The van der Waals surface area contributed by atoms with E-state index in [1.165, 1.54) is 22.7 Å². The fourth-order valence-electron chi connectivity index (χ4n) is 4.72. The van der Waals surface area contributed by atoms with E-state index in [4.69, 9.17) is 9.72 Å². The number of ether oxygens (including phenoxy) is 1. The summed E-state index contributed by atoms with van der Waals surface area (Å²) in [5.74, 6) is -0.241. The van der Waals surface area contributed by atoms with Crippen LogP contribution in [0.3, 0.4) is 0 Å². The molecule has 5 rings (SSSR count). The maximum Gasteiger partial charge on any atom is 0.252 e. The molecule has 0 saturated carbocycles. The molecule has 2 aromatic heterocycles. The quantitative estimate of drug-likeness (QED) is 0.487. The van der Waals surface area contributed by atoms with Gasteiger partial charge in [0.25, 0.3) is 5.91 Å². The average molecular weight is 507 g/mol. The Hall–Kier alpha value is -3.14. The number of pyridine rings is 2. The maximum atomic E-state index is 13.4. The van der Waals surface area contributed by atoms with E-state index in [0.29, 0.717) is 55.0 Å². The molecule has 1 aliphatic heterocycles. The van der Waals surface area contributed by atoms with Crippen molar-refractivity contribution < 1.29 is 17.9 Å². The minimum Gasteiger partial charge on any atom is -0.379 e. The molecule has 9 heteroatoms. The first-order chi connectivity index (χ1) is 17.5. The van der Waals surface area contributed by atoms with Crippen molar-refractivity contribution in [3.05, 3.63) is 66.0 Å². The Kier molecular flexibility index (Phi) is 7.41. The number of aromatic nitrogens is 2. The lowest BCUT2D eigenvalue weighted by atomic mass is 9.97. The number of allylic oxidation sites excluding steroid dienone is 1. The molecule has 36 heavy (non-hydrogen) atoms. The molecule has 0 atom stereocenters. The standard InChI is InChI=1S/C27H30N4O4S/c32-27(29-13-8-20-4-2-1-3-5-20)24-19-26(21-9-11-28-12-10-21)30-25-7-6-22(18-23(24)25)36(33,34)31-14-16-35-17-15-31/h4,6-7,9-12,18-19H,1-3,5,8,13-17H2,(H,29,32). The Bertz CT molecular complexity index is 1380. The highest BCUT2D eigenvalue weighted by Gasteiger charge is 2.27. The highest BCUT2D eigenvalue weighted by atomic mass is 32.2. The number of nitrogens with zero attached hydrogens (tertiary/aromatic N) is 3. The Morgan fingerprint density at radius 2 is 1.86 bits per heavy atom. The summed E-state index contributed by atoms with van der Waals surface area (Å²) < 4.78 is 33.3. The smallest absolute Gasteiger partial charge is 0.252 e. The van der Waals surface area contributed by atoms with Crippen LogP contribution in [0.4, 0.5) is 0 Å². The molecule has 1 saturated heterocycles. The molecule has 0 radical (unpaired) electrons. The van der Waals surface area contributed by atoms with Crippen molar-refractivity contribution in [2.24, 2.45) is 0 Å². The molecular weight excluding hydrogens is 476 g/mol. The van der Waals surface area contributed by atoms with Gasteiger partial charge in [-0.3, -0.25) is 9.78 Å². The average Bonchev–Trinajstić information content (AvgIpc) is 2.93. The molecule has 0 bridgehead atoms. The van der Waals surface area contributed by atoms with Crippen LogP contribution in [0.1, 0.15) is 42.5 Å². The largest absolute Gasteiger partial charge is 0.379 e. The van der Waals surface area contributed by atoms with Crippen molar-refractivity contribution in [2.75, 3.05) is 32.8 Å². The number of hydrogen-bond donors (Lipinski definition) is 1. The van der Waals surface area contributed by atoms with Crippen LogP contribution in [0.2, 0.25) is 0 Å². The van der Waals surface area contributed by atoms with Crippen LogP contribution < -0.4 is 5.32 Å². The third-order valence-corrected chi connectivity index (χ3v) is 8.62. The summed E-state index contributed by atoms with van der Waals surface area (Å²) in [7, 11) is -3.71. The highest BCUT2D eigenvalue weighted by Crippen LogP contribution is 2.28. The molecule has 1 fully saturated rings. The van der Waals surface area contributed by atoms with E-state index in [1.54, 1.807) is 36.7 Å². The first kappa shape index (κ1) is 24.5. The number of amides is 1. The first-order valence-corrected chi connectivity index (χ1v) is 13.9. The third-order valence-electron chi connectivity index (χ3n) is 6.73. The number of morpholine rings is 1. The van der Waals surface area contributed by atoms with Crippen molar-refractivity contribution >= 4 is 26.8 Å². The highest BCUT2D eigenvalue weighted by molar-refractivity contribution is 7.89. The number of benzene rings is 1. The van der Waals surface area contributed by atoms with Gasteiger partial charge < -0.3 is 10.1 Å². The van der Waals surface area contributed by atoms with Gasteiger partial charge in [0.2, 0.25) is 10.0 Å². The predicted molar refractivity (Wildman–Crippen MR) is 138 cm³/mol. The summed E-state index contributed by atoms with van der Waals surface area (Å²) in [5.41, 5.74) is 3.82. The van der Waals surface area contributed by atoms with Crippen molar-refractivity contribution in [3.63, 3.8) is 0 Å². The number of sulfonamides is 1. The van der Waals surface area contributed by atoms with Crippen molar-refractivity contribution in [1.29, 1.82) is 0 Å². The summed E-state index contributed by atoms with van der Waals surface area (Å²) in [6.07, 6.45) is 11.1. The second-order valence-electron chi connectivity index (χ2n) is 9.10. The summed E-state index contributed by atoms with van der Waals surface area (Å²) in [4.78, 5) is 22.3. The second-order valence-corrected chi connectivity index (χ2v) is 11.0. The Labute approximate surface area is 211 Å². The lowest BCUT2D eigenvalue weighted by Gasteiger charge is -2.26. The molecule has 3 aromatic rings. The van der Waals surface area contributed by atoms with Gasteiger partial charge in [0.15, 0.2) is 0 Å². The van der Waals surface area contributed by atoms with Crippen molar-refractivity contribution in [1.82, 2.24) is 19.6 Å². The van der Waals surface area contributed by atoms with E-state index in [-0.39, 0.29) is 10.8 Å². The van der Waals surface area contributed by atoms with E-state index in [0.717, 1.165) is 24.8 Å². The minimum atomic E-state index is -3.71. The van der Waals surface area contributed by atoms with Gasteiger partial charge in [0.1, 0.15) is 0 Å². The monoisotopic (exact) mass is 506 g/mol. The number of hydrogen-bond acceptors (Lipinski definition) is 6. The van der Waals surface area contributed by atoms with Crippen LogP contribution in [-0.4, -0.2) is 61.4 Å². The van der Waals surface area contributed by atoms with Gasteiger partial charge >= 0.3 is 0 Å². The van der Waals surface area contributed by atoms with Crippen molar-refractivity contribution in [3.8, 4) is 11.3 Å². The number of rotatable bonds is 7. The van der Waals surface area contributed by atoms with Gasteiger partial charge in [-0.05, 0) is 68.5 Å². The summed E-state index contributed by atoms with van der Waals surface area (Å²) in [6.45, 7) is 1.89. The number of carbonyl (C=O) groups is 1. The minimum absolute atomic E-state index is 0.150. The van der Waals surface area contributed by atoms with Crippen LogP contribution in [0.15, 0.2) is 65.3 Å². The van der Waals surface area contributed by atoms with Gasteiger partial charge in [0, 0.05) is 43.0 Å². The fraction of sp³-hybridized carbons (Fsp3) is 0.370. The van der Waals surface area contributed by atoms with E-state index < -0.39 is 10.0 Å². The van der Waals surface area contributed by atoms with Gasteiger partial charge in [-0.1, -0.05) is 11.6 Å². The third kappa shape index (κ3) is 5.33. The first-order valence-electron chi connectivity index (χ1n) is 12.4. The summed E-state index contributed by atoms with van der Waals surface area (Å²) >= 11 is 0. The number of fused-ring (bicyclic) bond motifs is 1. The second kappa shape index (κ2) is 10.9. The molecule has 1 amide bonds. The van der Waals surface area contributed by atoms with Crippen LogP contribution in [0.5, 0.6) is 0 Å². The molecule has 8 nitrogen and oxygen atoms in total. The zero-order valence-electron chi connectivity index (χ0n) is 20.2. The lowest BCUT2D eigenvalue weighted by molar-refractivity contribution is 0.0730. The van der Waals surface area contributed by atoms with Crippen LogP contribution in [0.25, 0.3) is 22.2 Å². The van der Waals surface area contributed by atoms with Gasteiger partial charge in [-0.15, -0.1) is 0 Å².